The van der Waals surface area contributed by atoms with Crippen LogP contribution in [0.5, 0.6) is 0 Å². The molecule has 0 saturated heterocycles. The Kier molecular flexibility index (Phi) is 5.22. The molecule has 0 aromatic carbocycles. The van der Waals surface area contributed by atoms with Crippen LogP contribution in [0.3, 0.4) is 0 Å². The van der Waals surface area contributed by atoms with Gasteiger partial charge in [0.05, 0.1) is 0 Å². The fraction of sp³-hybridized carbons (Fsp3) is 0.455. The van der Waals surface area contributed by atoms with Crippen LogP contribution in [-0.2, 0) is 0 Å². The predicted molar refractivity (Wildman–Crippen MR) is 68.8 cm³/mol. The van der Waals surface area contributed by atoms with Crippen LogP contribution in [0.25, 0.3) is 0 Å². The van der Waals surface area contributed by atoms with Crippen molar-refractivity contribution in [2.45, 2.75) is 19.9 Å². The van der Waals surface area contributed by atoms with E-state index in [-0.39, 0.29) is 11.9 Å². The summed E-state index contributed by atoms with van der Waals surface area (Å²) in [6.07, 6.45) is 1.62. The third-order valence-electron chi connectivity index (χ3n) is 2.16. The number of carbonyl (C=O) groups excluding carboxylic acids is 1. The number of alkyl halides is 1. The summed E-state index contributed by atoms with van der Waals surface area (Å²) in [5.74, 6) is 0.351. The van der Waals surface area contributed by atoms with Gasteiger partial charge in [-0.15, -0.1) is 11.6 Å². The lowest BCUT2D eigenvalue weighted by atomic mass is 10.2. The van der Waals surface area contributed by atoms with E-state index in [9.17, 15) is 4.79 Å². The van der Waals surface area contributed by atoms with E-state index in [2.05, 4.69) is 20.9 Å². The van der Waals surface area contributed by atoms with Gasteiger partial charge in [0.15, 0.2) is 0 Å². The first kappa shape index (κ1) is 13.5. The van der Waals surface area contributed by atoms with E-state index in [0.29, 0.717) is 18.1 Å². The highest BCUT2D eigenvalue weighted by Gasteiger charge is 2.18. The second-order valence-corrected chi connectivity index (χ2v) is 4.94. The van der Waals surface area contributed by atoms with E-state index in [1.54, 1.807) is 23.2 Å². The second kappa shape index (κ2) is 6.21. The number of amides is 1. The van der Waals surface area contributed by atoms with E-state index >= 15 is 0 Å². The molecule has 88 valence electrons. The number of hydrogen-bond acceptors (Lipinski definition) is 2. The van der Waals surface area contributed by atoms with Crippen LogP contribution in [0, 0.1) is 0 Å². The second-order valence-electron chi connectivity index (χ2n) is 3.64. The molecule has 1 aromatic heterocycles. The molecular weight excluding hydrogens is 291 g/mol. The molecule has 0 radical (unpaired) electrons. The molecule has 0 atom stereocenters. The van der Waals surface area contributed by atoms with Crippen molar-refractivity contribution in [3.8, 4) is 0 Å². The van der Waals surface area contributed by atoms with Crippen LogP contribution < -0.4 is 0 Å². The van der Waals surface area contributed by atoms with Gasteiger partial charge in [0.25, 0.3) is 5.91 Å². The number of pyridine rings is 1. The first-order chi connectivity index (χ1) is 7.56. The number of hydrogen-bond donors (Lipinski definition) is 0. The molecule has 1 rings (SSSR count). The van der Waals surface area contributed by atoms with Crippen LogP contribution in [-0.4, -0.2) is 34.3 Å². The molecular formula is C11H14BrClN2O. The highest BCUT2D eigenvalue weighted by atomic mass is 79.9. The van der Waals surface area contributed by atoms with E-state index in [4.69, 9.17) is 11.6 Å². The van der Waals surface area contributed by atoms with Crippen molar-refractivity contribution < 1.29 is 4.79 Å². The fourth-order valence-corrected chi connectivity index (χ4v) is 1.75. The number of nitrogens with zero attached hydrogens (tertiary/aromatic N) is 2. The molecule has 0 aliphatic carbocycles. The molecule has 0 aliphatic rings. The maximum absolute atomic E-state index is 12.1. The zero-order valence-electron chi connectivity index (χ0n) is 9.28. The summed E-state index contributed by atoms with van der Waals surface area (Å²) in [7, 11) is 0. The van der Waals surface area contributed by atoms with Gasteiger partial charge in [0.2, 0.25) is 0 Å². The molecule has 0 unspecified atom stereocenters. The zero-order valence-corrected chi connectivity index (χ0v) is 11.6. The van der Waals surface area contributed by atoms with Gasteiger partial charge in [0.1, 0.15) is 5.69 Å². The number of carbonyl (C=O) groups is 1. The molecule has 0 N–H and O–H groups in total. The Morgan fingerprint density at radius 1 is 1.56 bits per heavy atom. The summed E-state index contributed by atoms with van der Waals surface area (Å²) in [6, 6.07) is 3.63. The van der Waals surface area contributed by atoms with E-state index in [0.717, 1.165) is 4.47 Å². The minimum absolute atomic E-state index is 0.0804. The van der Waals surface area contributed by atoms with Crippen LogP contribution >= 0.6 is 27.5 Å². The number of aromatic nitrogens is 1. The zero-order chi connectivity index (χ0) is 12.1. The average Bonchev–Trinajstić information content (AvgIpc) is 2.25. The summed E-state index contributed by atoms with van der Waals surface area (Å²) < 4.78 is 0.859. The molecule has 0 aliphatic heterocycles. The molecule has 0 spiro atoms. The SMILES string of the molecule is CC(C)N(CCCl)C(=O)c1ccc(Br)cn1. The van der Waals surface area contributed by atoms with E-state index in [1.807, 2.05) is 13.8 Å². The topological polar surface area (TPSA) is 33.2 Å². The molecule has 1 amide bonds. The lowest BCUT2D eigenvalue weighted by molar-refractivity contribution is 0.0712. The smallest absolute Gasteiger partial charge is 0.272 e. The summed E-state index contributed by atoms with van der Waals surface area (Å²) >= 11 is 8.96. The Balaban J connectivity index is 2.86. The van der Waals surface area contributed by atoms with Crippen molar-refractivity contribution in [1.29, 1.82) is 0 Å². The first-order valence-electron chi connectivity index (χ1n) is 5.04. The monoisotopic (exact) mass is 304 g/mol. The number of halogens is 2. The van der Waals surface area contributed by atoms with Crippen molar-refractivity contribution in [2.75, 3.05) is 12.4 Å². The molecule has 1 aromatic rings. The molecule has 16 heavy (non-hydrogen) atoms. The predicted octanol–water partition coefficient (Wildman–Crippen LogP) is 2.93. The quantitative estimate of drug-likeness (QED) is 0.801. The molecule has 1 heterocycles. The van der Waals surface area contributed by atoms with E-state index in [1.165, 1.54) is 0 Å². The van der Waals surface area contributed by atoms with Gasteiger partial charge in [-0.25, -0.2) is 4.98 Å². The highest BCUT2D eigenvalue weighted by Crippen LogP contribution is 2.11. The average molecular weight is 306 g/mol. The Hall–Kier alpha value is -0.610. The molecule has 0 fully saturated rings. The van der Waals surface area contributed by atoms with Gasteiger partial charge < -0.3 is 4.90 Å². The molecule has 0 saturated carbocycles. The first-order valence-corrected chi connectivity index (χ1v) is 6.37. The van der Waals surface area contributed by atoms with Crippen molar-refractivity contribution in [3.05, 3.63) is 28.5 Å². The van der Waals surface area contributed by atoms with Gasteiger partial charge in [-0.3, -0.25) is 4.79 Å². The highest BCUT2D eigenvalue weighted by molar-refractivity contribution is 9.10. The normalized spacial score (nSPS) is 10.6. The lowest BCUT2D eigenvalue weighted by Crippen LogP contribution is -2.38. The van der Waals surface area contributed by atoms with Crippen LogP contribution in [0.15, 0.2) is 22.8 Å². The van der Waals surface area contributed by atoms with Gasteiger partial charge in [-0.2, -0.15) is 0 Å². The van der Waals surface area contributed by atoms with Gasteiger partial charge >= 0.3 is 0 Å². The summed E-state index contributed by atoms with van der Waals surface area (Å²) in [6.45, 7) is 4.46. The van der Waals surface area contributed by atoms with Crippen LogP contribution in [0.1, 0.15) is 24.3 Å². The summed E-state index contributed by atoms with van der Waals surface area (Å²) in [4.78, 5) is 17.9. The maximum atomic E-state index is 12.1. The minimum atomic E-state index is -0.0804. The Morgan fingerprint density at radius 3 is 2.69 bits per heavy atom. The van der Waals surface area contributed by atoms with Crippen LogP contribution in [0.2, 0.25) is 0 Å². The van der Waals surface area contributed by atoms with Crippen molar-refractivity contribution in [2.24, 2.45) is 0 Å². The largest absolute Gasteiger partial charge is 0.334 e. The van der Waals surface area contributed by atoms with Crippen LogP contribution in [0.4, 0.5) is 0 Å². The van der Waals surface area contributed by atoms with Gasteiger partial charge in [0, 0.05) is 29.1 Å². The standard InChI is InChI=1S/C11H14BrClN2O/c1-8(2)15(6-5-13)11(16)10-4-3-9(12)7-14-10/h3-4,7-8H,5-6H2,1-2H3. The van der Waals surface area contributed by atoms with Gasteiger partial charge in [-0.1, -0.05) is 0 Å². The lowest BCUT2D eigenvalue weighted by Gasteiger charge is -2.25. The van der Waals surface area contributed by atoms with Crippen molar-refractivity contribution >= 4 is 33.4 Å². The minimum Gasteiger partial charge on any atom is -0.334 e. The fourth-order valence-electron chi connectivity index (χ4n) is 1.33. The summed E-state index contributed by atoms with van der Waals surface area (Å²) in [5, 5.41) is 0. The summed E-state index contributed by atoms with van der Waals surface area (Å²) in [5.41, 5.74) is 0.446. The molecule has 5 heteroatoms. The van der Waals surface area contributed by atoms with Crippen molar-refractivity contribution in [1.82, 2.24) is 9.88 Å². The number of rotatable bonds is 4. The third kappa shape index (κ3) is 3.46. The third-order valence-corrected chi connectivity index (χ3v) is 2.79. The Morgan fingerprint density at radius 2 is 2.25 bits per heavy atom. The Bertz CT molecular complexity index is 354. The van der Waals surface area contributed by atoms with Gasteiger partial charge in [-0.05, 0) is 41.9 Å². The van der Waals surface area contributed by atoms with E-state index < -0.39 is 0 Å². The molecule has 3 nitrogen and oxygen atoms in total. The van der Waals surface area contributed by atoms with Crippen molar-refractivity contribution in [3.63, 3.8) is 0 Å². The Labute approximate surface area is 109 Å². The molecule has 0 bridgehead atoms. The maximum Gasteiger partial charge on any atom is 0.272 e.